The Morgan fingerprint density at radius 3 is 2.33 bits per heavy atom. The molecule has 7 heteroatoms. The van der Waals surface area contributed by atoms with Crippen LogP contribution in [0, 0.1) is 11.6 Å². The Morgan fingerprint density at radius 2 is 1.63 bits per heavy atom. The van der Waals surface area contributed by atoms with Gasteiger partial charge in [0.25, 0.3) is 5.91 Å². The molecular weight excluding hydrogens is 350 g/mol. The van der Waals surface area contributed by atoms with Crippen molar-refractivity contribution in [2.45, 2.75) is 0 Å². The lowest BCUT2D eigenvalue weighted by atomic mass is 10.2. The number of nitrogens with one attached hydrogen (secondary N) is 1. The van der Waals surface area contributed by atoms with E-state index in [1.165, 1.54) is 41.2 Å². The van der Waals surface area contributed by atoms with Crippen molar-refractivity contribution in [3.05, 3.63) is 96.5 Å². The van der Waals surface area contributed by atoms with Crippen LogP contribution in [0.15, 0.2) is 79.3 Å². The summed E-state index contributed by atoms with van der Waals surface area (Å²) in [5, 5.41) is 6.92. The molecule has 0 spiro atoms. The van der Waals surface area contributed by atoms with E-state index in [-0.39, 0.29) is 11.3 Å². The van der Waals surface area contributed by atoms with Gasteiger partial charge in [0.05, 0.1) is 6.20 Å². The maximum Gasteiger partial charge on any atom is 0.261 e. The number of carbonyl (C=O) groups excluding carboxylic acids is 1. The van der Waals surface area contributed by atoms with Gasteiger partial charge in [-0.05, 0) is 48.5 Å². The van der Waals surface area contributed by atoms with Crippen LogP contribution in [-0.2, 0) is 0 Å². The number of nitrogens with zero attached hydrogens (tertiary/aromatic N) is 3. The molecule has 27 heavy (non-hydrogen) atoms. The fourth-order valence-corrected chi connectivity index (χ4v) is 2.76. The summed E-state index contributed by atoms with van der Waals surface area (Å²) in [7, 11) is 0. The van der Waals surface area contributed by atoms with E-state index in [0.717, 1.165) is 0 Å². The van der Waals surface area contributed by atoms with Gasteiger partial charge in [0.1, 0.15) is 22.9 Å². The molecule has 4 aromatic rings. The third-order valence-electron chi connectivity index (χ3n) is 4.02. The maximum atomic E-state index is 14.3. The Labute approximate surface area is 153 Å². The second-order valence-electron chi connectivity index (χ2n) is 5.80. The zero-order chi connectivity index (χ0) is 18.8. The topological polar surface area (TPSA) is 51.9 Å². The van der Waals surface area contributed by atoms with E-state index in [4.69, 9.17) is 0 Å². The first-order chi connectivity index (χ1) is 13.1. The quantitative estimate of drug-likeness (QED) is 0.590. The number of aromatic nitrogens is 3. The van der Waals surface area contributed by atoms with Crippen molar-refractivity contribution in [1.82, 2.24) is 14.3 Å². The summed E-state index contributed by atoms with van der Waals surface area (Å²) < 4.78 is 30.4. The number of amides is 1. The van der Waals surface area contributed by atoms with Crippen LogP contribution < -0.4 is 5.32 Å². The Bertz CT molecular complexity index is 1090. The second kappa shape index (κ2) is 6.87. The van der Waals surface area contributed by atoms with Crippen molar-refractivity contribution >= 4 is 11.6 Å². The van der Waals surface area contributed by atoms with Crippen molar-refractivity contribution in [1.29, 1.82) is 0 Å². The van der Waals surface area contributed by atoms with E-state index in [0.29, 0.717) is 11.5 Å². The first kappa shape index (κ1) is 16.7. The minimum atomic E-state index is -0.459. The minimum Gasteiger partial charge on any atom is -0.322 e. The molecule has 2 aromatic carbocycles. The predicted octanol–water partition coefficient (Wildman–Crippen LogP) is 4.19. The molecule has 0 saturated heterocycles. The normalized spacial score (nSPS) is 10.7. The van der Waals surface area contributed by atoms with Crippen molar-refractivity contribution < 1.29 is 13.6 Å². The Morgan fingerprint density at radius 1 is 0.926 bits per heavy atom. The molecule has 0 radical (unpaired) electrons. The number of hydrogen-bond acceptors (Lipinski definition) is 2. The largest absolute Gasteiger partial charge is 0.322 e. The minimum absolute atomic E-state index is 0.224. The van der Waals surface area contributed by atoms with Crippen molar-refractivity contribution in [3.63, 3.8) is 0 Å². The molecule has 1 amide bonds. The molecule has 0 aliphatic rings. The van der Waals surface area contributed by atoms with Gasteiger partial charge in [-0.15, -0.1) is 0 Å². The lowest BCUT2D eigenvalue weighted by Crippen LogP contribution is -2.15. The molecule has 0 atom stereocenters. The van der Waals surface area contributed by atoms with Gasteiger partial charge in [-0.2, -0.15) is 5.10 Å². The van der Waals surface area contributed by atoms with Gasteiger partial charge in [-0.1, -0.05) is 12.1 Å². The lowest BCUT2D eigenvalue weighted by molar-refractivity contribution is 0.102. The Hall–Kier alpha value is -3.74. The van der Waals surface area contributed by atoms with E-state index < -0.39 is 17.5 Å². The average Bonchev–Trinajstić information content (AvgIpc) is 3.33. The van der Waals surface area contributed by atoms with Crippen molar-refractivity contribution in [2.24, 2.45) is 0 Å². The monoisotopic (exact) mass is 364 g/mol. The van der Waals surface area contributed by atoms with E-state index in [1.807, 2.05) is 0 Å². The maximum absolute atomic E-state index is 14.3. The van der Waals surface area contributed by atoms with E-state index in [1.54, 1.807) is 47.3 Å². The molecule has 0 bridgehead atoms. The first-order valence-electron chi connectivity index (χ1n) is 8.16. The summed E-state index contributed by atoms with van der Waals surface area (Å²) in [6.07, 6.45) is 4.85. The van der Waals surface area contributed by atoms with Crippen molar-refractivity contribution in [3.8, 4) is 11.5 Å². The molecule has 2 aromatic heterocycles. The van der Waals surface area contributed by atoms with Gasteiger partial charge in [0.15, 0.2) is 5.82 Å². The van der Waals surface area contributed by atoms with E-state index >= 15 is 0 Å². The van der Waals surface area contributed by atoms with Gasteiger partial charge in [-0.3, -0.25) is 4.79 Å². The molecule has 1 N–H and O–H groups in total. The zero-order valence-corrected chi connectivity index (χ0v) is 14.0. The summed E-state index contributed by atoms with van der Waals surface area (Å²) >= 11 is 0. The molecule has 0 aliphatic carbocycles. The molecule has 0 unspecified atom stereocenters. The number of carbonyl (C=O) groups is 1. The molecule has 0 fully saturated rings. The molecule has 134 valence electrons. The molecule has 5 nitrogen and oxygen atoms in total. The lowest BCUT2D eigenvalue weighted by Gasteiger charge is -2.12. The highest BCUT2D eigenvalue weighted by Crippen LogP contribution is 2.22. The highest BCUT2D eigenvalue weighted by molar-refractivity contribution is 6.06. The fourth-order valence-electron chi connectivity index (χ4n) is 2.76. The van der Waals surface area contributed by atoms with Crippen LogP contribution in [-0.4, -0.2) is 20.3 Å². The van der Waals surface area contributed by atoms with E-state index in [2.05, 4.69) is 10.4 Å². The van der Waals surface area contributed by atoms with Gasteiger partial charge in [0.2, 0.25) is 0 Å². The molecule has 0 saturated carbocycles. The Kier molecular flexibility index (Phi) is 4.25. The standard InChI is InChI=1S/C20H14F2N4O/c21-14-7-9-15(10-8-14)24-19(27)16-13-23-26(18-6-2-1-5-17(18)22)20(16)25-11-3-4-12-25/h1-13H,(H,24,27). The van der Waals surface area contributed by atoms with Crippen LogP contribution in [0.1, 0.15) is 10.4 Å². The number of halogens is 2. The van der Waals surface area contributed by atoms with Crippen LogP contribution in [0.3, 0.4) is 0 Å². The third kappa shape index (κ3) is 3.22. The summed E-state index contributed by atoms with van der Waals surface area (Å²) in [5.74, 6) is -0.898. The first-order valence-corrected chi connectivity index (χ1v) is 8.16. The van der Waals surface area contributed by atoms with Crippen LogP contribution in [0.5, 0.6) is 0 Å². The van der Waals surface area contributed by atoms with Gasteiger partial charge >= 0.3 is 0 Å². The van der Waals surface area contributed by atoms with Crippen LogP contribution >= 0.6 is 0 Å². The van der Waals surface area contributed by atoms with E-state index in [9.17, 15) is 13.6 Å². The second-order valence-corrected chi connectivity index (χ2v) is 5.80. The van der Waals surface area contributed by atoms with Crippen LogP contribution in [0.2, 0.25) is 0 Å². The smallest absolute Gasteiger partial charge is 0.261 e. The number of anilines is 1. The van der Waals surface area contributed by atoms with Gasteiger partial charge in [0, 0.05) is 18.1 Å². The fraction of sp³-hybridized carbons (Fsp3) is 0. The number of benzene rings is 2. The summed E-state index contributed by atoms with van der Waals surface area (Å²) in [6.45, 7) is 0. The highest BCUT2D eigenvalue weighted by atomic mass is 19.1. The molecule has 2 heterocycles. The third-order valence-corrected chi connectivity index (χ3v) is 4.02. The van der Waals surface area contributed by atoms with Gasteiger partial charge < -0.3 is 9.88 Å². The number of rotatable bonds is 4. The van der Waals surface area contributed by atoms with Gasteiger partial charge in [-0.25, -0.2) is 13.5 Å². The number of hydrogen-bond donors (Lipinski definition) is 1. The predicted molar refractivity (Wildman–Crippen MR) is 97.2 cm³/mol. The molecular formula is C20H14F2N4O. The molecule has 0 aliphatic heterocycles. The number of para-hydroxylation sites is 1. The summed E-state index contributed by atoms with van der Waals surface area (Å²) in [6, 6.07) is 15.2. The van der Waals surface area contributed by atoms with Crippen LogP contribution in [0.4, 0.5) is 14.5 Å². The Balaban J connectivity index is 1.78. The SMILES string of the molecule is O=C(Nc1ccc(F)cc1)c1cnn(-c2ccccc2F)c1-n1cccc1. The van der Waals surface area contributed by atoms with Crippen molar-refractivity contribution in [2.75, 3.05) is 5.32 Å². The summed E-state index contributed by atoms with van der Waals surface area (Å²) in [4.78, 5) is 12.8. The zero-order valence-electron chi connectivity index (χ0n) is 14.0. The highest BCUT2D eigenvalue weighted by Gasteiger charge is 2.21. The summed E-state index contributed by atoms with van der Waals surface area (Å²) in [5.41, 5.74) is 0.916. The molecule has 4 rings (SSSR count). The van der Waals surface area contributed by atoms with Crippen LogP contribution in [0.25, 0.3) is 11.5 Å². The average molecular weight is 364 g/mol.